The molecule has 3 rings (SSSR count). The van der Waals surface area contributed by atoms with Crippen molar-refractivity contribution >= 4 is 63.8 Å². The third-order valence-corrected chi connectivity index (χ3v) is 7.73. The highest BCUT2D eigenvalue weighted by Gasteiger charge is 2.55. The number of hydrogen-bond donors (Lipinski definition) is 4. The Morgan fingerprint density at radius 1 is 1.27 bits per heavy atom. The molecule has 5 N–H and O–H groups in total. The van der Waals surface area contributed by atoms with Gasteiger partial charge in [-0.2, -0.15) is 0 Å². The van der Waals surface area contributed by atoms with Crippen molar-refractivity contribution in [1.29, 1.82) is 0 Å². The van der Waals surface area contributed by atoms with E-state index in [2.05, 4.69) is 15.5 Å². The number of aliphatic hydroxyl groups excluding tert-OH is 1. The van der Waals surface area contributed by atoms with E-state index in [4.69, 9.17) is 25.1 Å². The number of ether oxygens (including phenoxy) is 3. The van der Waals surface area contributed by atoms with Gasteiger partial charge < -0.3 is 40.5 Å². The van der Waals surface area contributed by atoms with Gasteiger partial charge in [0, 0.05) is 30.3 Å². The summed E-state index contributed by atoms with van der Waals surface area (Å²) < 4.78 is 15.3. The summed E-state index contributed by atoms with van der Waals surface area (Å²) in [7, 11) is 1.41. The first-order valence-corrected chi connectivity index (χ1v) is 14.0. The van der Waals surface area contributed by atoms with Crippen molar-refractivity contribution in [3.05, 3.63) is 22.3 Å². The van der Waals surface area contributed by atoms with Gasteiger partial charge in [-0.15, -0.1) is 23.1 Å². The second-order valence-corrected chi connectivity index (χ2v) is 11.8. The zero-order valence-corrected chi connectivity index (χ0v) is 24.2. The van der Waals surface area contributed by atoms with Crippen molar-refractivity contribution in [2.75, 3.05) is 45.1 Å². The fraction of sp³-hybridized carbons (Fsp3) is 0.522. The minimum Gasteiger partial charge on any atom is -0.445 e. The minimum absolute atomic E-state index is 0.0108. The maximum Gasteiger partial charge on any atom is 0.409 e. The number of nitrogens with zero attached hydrogens (tertiary/aromatic N) is 4. The molecule has 0 radical (unpaired) electrons. The van der Waals surface area contributed by atoms with Crippen LogP contribution in [-0.4, -0.2) is 111 Å². The van der Waals surface area contributed by atoms with Gasteiger partial charge >= 0.3 is 18.0 Å². The van der Waals surface area contributed by atoms with Crippen LogP contribution in [0.3, 0.4) is 0 Å². The quantitative estimate of drug-likeness (QED) is 0.0665. The second-order valence-electron chi connectivity index (χ2n) is 9.76. The maximum absolute atomic E-state index is 13.2. The van der Waals surface area contributed by atoms with Gasteiger partial charge in [-0.25, -0.2) is 14.6 Å². The highest BCUT2D eigenvalue weighted by atomic mass is 32.2. The van der Waals surface area contributed by atoms with Crippen molar-refractivity contribution in [2.45, 2.75) is 32.2 Å². The summed E-state index contributed by atoms with van der Waals surface area (Å²) in [6, 6.07) is -1.11. The van der Waals surface area contributed by atoms with Crippen LogP contribution in [0.25, 0.3) is 0 Å². The Bertz CT molecular complexity index is 1270. The number of nitrogens with two attached hydrogens (primary N) is 1. The molecule has 0 aromatic carbocycles. The average Bonchev–Trinajstić information content (AvgIpc) is 3.34. The normalized spacial score (nSPS) is 18.7. The van der Waals surface area contributed by atoms with Gasteiger partial charge in [0.05, 0.1) is 12.0 Å². The Morgan fingerprint density at radius 3 is 2.56 bits per heavy atom. The number of thiazole rings is 1. The number of oxime groups is 1. The molecule has 1 aromatic rings. The van der Waals surface area contributed by atoms with Gasteiger partial charge in [-0.1, -0.05) is 5.16 Å². The molecule has 3 amide bonds. The first kappa shape index (κ1) is 31.6. The highest BCUT2D eigenvalue weighted by molar-refractivity contribution is 8.00. The van der Waals surface area contributed by atoms with Crippen LogP contribution in [0.15, 0.2) is 21.8 Å². The van der Waals surface area contributed by atoms with Gasteiger partial charge in [0.25, 0.3) is 11.8 Å². The Labute approximate surface area is 242 Å². The summed E-state index contributed by atoms with van der Waals surface area (Å²) in [5.74, 6) is -3.12. The maximum atomic E-state index is 13.2. The standard InChI is InChI=1S/C23H30N6O10S2/c1-23(2,3)20(34)39-10-38-19(33)15-11(7-37-22(35)28(4)5-6-30)8-40-18-14(17(32)29(15)18)26-16(31)13(27-36)12-9-41-21(24)25-12/h9,14,18,30,36H,5-8,10H2,1-4H3,(H2,24,25)(H,26,31)/b27-13-/t14-,18-/m1/s1. The number of amides is 3. The lowest BCUT2D eigenvalue weighted by Crippen LogP contribution is -2.71. The molecule has 1 fully saturated rings. The van der Waals surface area contributed by atoms with E-state index in [1.54, 1.807) is 20.8 Å². The summed E-state index contributed by atoms with van der Waals surface area (Å²) in [6.45, 7) is 3.48. The SMILES string of the molecule is CN(CCO)C(=O)OCC1=C(C(=O)OCOC(=O)C(C)(C)C)N2C(=O)[C@@H](NC(=O)/C(=N\O)c3csc(N)n3)[C@H]2SC1. The molecule has 1 saturated heterocycles. The van der Waals surface area contributed by atoms with Crippen molar-refractivity contribution in [2.24, 2.45) is 10.6 Å². The van der Waals surface area contributed by atoms with Crippen molar-refractivity contribution < 1.29 is 48.5 Å². The number of hydrogen-bond acceptors (Lipinski definition) is 15. The van der Waals surface area contributed by atoms with Crippen LogP contribution in [-0.2, 0) is 33.4 Å². The van der Waals surface area contributed by atoms with Crippen LogP contribution in [0.4, 0.5) is 9.93 Å². The molecule has 0 saturated carbocycles. The second kappa shape index (κ2) is 13.2. The topological polar surface area (TPSA) is 223 Å². The lowest BCUT2D eigenvalue weighted by molar-refractivity contribution is -0.173. The Kier molecular flexibility index (Phi) is 10.2. The van der Waals surface area contributed by atoms with E-state index in [-0.39, 0.29) is 47.6 Å². The lowest BCUT2D eigenvalue weighted by Gasteiger charge is -2.49. The van der Waals surface area contributed by atoms with E-state index in [0.29, 0.717) is 0 Å². The van der Waals surface area contributed by atoms with Gasteiger partial charge in [-0.05, 0) is 20.8 Å². The number of β-lactam (4-membered cyclic amide) rings is 1. The van der Waals surface area contributed by atoms with Crippen LogP contribution in [0, 0.1) is 5.41 Å². The van der Waals surface area contributed by atoms with Crippen LogP contribution in [0.5, 0.6) is 0 Å². The van der Waals surface area contributed by atoms with E-state index in [0.717, 1.165) is 21.1 Å². The Balaban J connectivity index is 1.78. The number of anilines is 1. The number of likely N-dealkylation sites (N-methyl/N-ethyl adjacent to an activating group) is 1. The summed E-state index contributed by atoms with van der Waals surface area (Å²) >= 11 is 2.20. The van der Waals surface area contributed by atoms with E-state index >= 15 is 0 Å². The molecule has 41 heavy (non-hydrogen) atoms. The minimum atomic E-state index is -1.11. The number of aromatic nitrogens is 1. The number of aliphatic hydroxyl groups is 1. The molecule has 1 aromatic heterocycles. The largest absolute Gasteiger partial charge is 0.445 e. The number of carbonyl (C=O) groups excluding carboxylic acids is 5. The van der Waals surface area contributed by atoms with Crippen molar-refractivity contribution in [3.63, 3.8) is 0 Å². The van der Waals surface area contributed by atoms with E-state index in [1.807, 2.05) is 0 Å². The molecular formula is C23H30N6O10S2. The van der Waals surface area contributed by atoms with Gasteiger partial charge in [0.1, 0.15) is 29.4 Å². The molecule has 2 atom stereocenters. The predicted molar refractivity (Wildman–Crippen MR) is 144 cm³/mol. The number of thioether (sulfide) groups is 1. The van der Waals surface area contributed by atoms with Gasteiger partial charge in [-0.3, -0.25) is 19.3 Å². The molecule has 16 nitrogen and oxygen atoms in total. The monoisotopic (exact) mass is 614 g/mol. The first-order chi connectivity index (χ1) is 19.3. The van der Waals surface area contributed by atoms with Crippen LogP contribution in [0.1, 0.15) is 26.5 Å². The number of nitrogens with one attached hydrogen (secondary N) is 1. The number of esters is 2. The zero-order valence-electron chi connectivity index (χ0n) is 22.6. The van der Waals surface area contributed by atoms with Crippen LogP contribution < -0.4 is 11.1 Å². The summed E-state index contributed by atoms with van der Waals surface area (Å²) in [4.78, 5) is 69.4. The van der Waals surface area contributed by atoms with Gasteiger partial charge in [0.2, 0.25) is 6.79 Å². The Morgan fingerprint density at radius 2 is 1.98 bits per heavy atom. The average molecular weight is 615 g/mol. The molecule has 0 aliphatic carbocycles. The first-order valence-electron chi connectivity index (χ1n) is 12.0. The summed E-state index contributed by atoms with van der Waals surface area (Å²) in [5.41, 5.74) is 4.29. The molecule has 18 heteroatoms. The Hall–Kier alpha value is -3.90. The number of rotatable bonds is 10. The molecule has 2 aliphatic rings. The summed E-state index contributed by atoms with van der Waals surface area (Å²) in [5, 5.41) is 24.6. The molecule has 0 spiro atoms. The molecule has 2 aliphatic heterocycles. The number of fused-ring (bicyclic) bond motifs is 1. The molecule has 224 valence electrons. The van der Waals surface area contributed by atoms with E-state index < -0.39 is 59.2 Å². The molecule has 0 bridgehead atoms. The fourth-order valence-electron chi connectivity index (χ4n) is 3.52. The lowest BCUT2D eigenvalue weighted by atomic mass is 9.98. The highest BCUT2D eigenvalue weighted by Crippen LogP contribution is 2.41. The van der Waals surface area contributed by atoms with E-state index in [9.17, 15) is 29.2 Å². The van der Waals surface area contributed by atoms with Gasteiger partial charge in [0.15, 0.2) is 10.8 Å². The molecule has 3 heterocycles. The summed E-state index contributed by atoms with van der Waals surface area (Å²) in [6.07, 6.45) is -0.774. The predicted octanol–water partition coefficient (Wildman–Crippen LogP) is -0.292. The number of nitrogen functional groups attached to an aromatic ring is 1. The van der Waals surface area contributed by atoms with Crippen molar-refractivity contribution in [1.82, 2.24) is 20.1 Å². The van der Waals surface area contributed by atoms with Crippen molar-refractivity contribution in [3.8, 4) is 0 Å². The third-order valence-electron chi connectivity index (χ3n) is 5.72. The fourth-order valence-corrected chi connectivity index (χ4v) is 5.40. The van der Waals surface area contributed by atoms with E-state index in [1.165, 1.54) is 24.2 Å². The smallest absolute Gasteiger partial charge is 0.409 e. The molecular weight excluding hydrogens is 584 g/mol. The third kappa shape index (κ3) is 7.25. The molecule has 0 unspecified atom stereocenters. The van der Waals surface area contributed by atoms with Crippen LogP contribution >= 0.6 is 23.1 Å². The van der Waals surface area contributed by atoms with Crippen LogP contribution in [0.2, 0.25) is 0 Å². The number of carbonyl (C=O) groups is 5. The zero-order chi connectivity index (χ0) is 30.5.